The van der Waals surface area contributed by atoms with Crippen molar-refractivity contribution in [1.29, 1.82) is 0 Å². The Balaban J connectivity index is 2.38. The van der Waals surface area contributed by atoms with Crippen LogP contribution in [0, 0.1) is 5.92 Å². The van der Waals surface area contributed by atoms with Gasteiger partial charge in [-0.15, -0.1) is 11.8 Å². The molecule has 2 saturated heterocycles. The Morgan fingerprint density at radius 1 is 1.33 bits per heavy atom. The van der Waals surface area contributed by atoms with Gasteiger partial charge < -0.3 is 0 Å². The SMILES string of the molecule is CN1C(=O)C2SCC(=O)C2C1=O. The van der Waals surface area contributed by atoms with Gasteiger partial charge in [-0.3, -0.25) is 19.3 Å². The van der Waals surface area contributed by atoms with Gasteiger partial charge in [0, 0.05) is 7.05 Å². The minimum atomic E-state index is -0.674. The summed E-state index contributed by atoms with van der Waals surface area (Å²) in [5, 5.41) is -0.421. The van der Waals surface area contributed by atoms with Crippen LogP contribution < -0.4 is 0 Å². The summed E-state index contributed by atoms with van der Waals surface area (Å²) in [4.78, 5) is 34.7. The minimum Gasteiger partial charge on any atom is -0.298 e. The normalized spacial score (nSPS) is 34.8. The Hall–Kier alpha value is -0.840. The van der Waals surface area contributed by atoms with Crippen molar-refractivity contribution in [3.8, 4) is 0 Å². The third-order valence-electron chi connectivity index (χ3n) is 2.23. The van der Waals surface area contributed by atoms with E-state index >= 15 is 0 Å². The van der Waals surface area contributed by atoms with Gasteiger partial charge in [-0.25, -0.2) is 0 Å². The third kappa shape index (κ3) is 0.769. The first-order chi connectivity index (χ1) is 5.63. The van der Waals surface area contributed by atoms with Crippen LogP contribution >= 0.6 is 11.8 Å². The second-order valence-electron chi connectivity index (χ2n) is 2.91. The highest BCUT2D eigenvalue weighted by Crippen LogP contribution is 2.36. The van der Waals surface area contributed by atoms with Crippen molar-refractivity contribution in [2.24, 2.45) is 5.92 Å². The molecule has 0 aliphatic carbocycles. The summed E-state index contributed by atoms with van der Waals surface area (Å²) in [6.07, 6.45) is 0. The van der Waals surface area contributed by atoms with E-state index in [1.165, 1.54) is 18.8 Å². The zero-order valence-corrected chi connectivity index (χ0v) is 7.26. The maximum absolute atomic E-state index is 11.3. The number of amides is 2. The van der Waals surface area contributed by atoms with Crippen molar-refractivity contribution >= 4 is 29.4 Å². The van der Waals surface area contributed by atoms with Gasteiger partial charge >= 0.3 is 0 Å². The lowest BCUT2D eigenvalue weighted by Crippen LogP contribution is -2.29. The van der Waals surface area contributed by atoms with Gasteiger partial charge in [0.2, 0.25) is 11.8 Å². The second kappa shape index (κ2) is 2.32. The van der Waals surface area contributed by atoms with Crippen LogP contribution in [0.4, 0.5) is 0 Å². The van der Waals surface area contributed by atoms with E-state index in [4.69, 9.17) is 0 Å². The quantitative estimate of drug-likeness (QED) is 0.369. The number of carbonyl (C=O) groups is 3. The first-order valence-corrected chi connectivity index (χ1v) is 4.63. The molecule has 0 radical (unpaired) electrons. The number of imide groups is 1. The van der Waals surface area contributed by atoms with Gasteiger partial charge in [-0.2, -0.15) is 0 Å². The molecule has 64 valence electrons. The fourth-order valence-electron chi connectivity index (χ4n) is 1.52. The van der Waals surface area contributed by atoms with Crippen molar-refractivity contribution in [2.45, 2.75) is 5.25 Å². The molecule has 0 aromatic rings. The van der Waals surface area contributed by atoms with Crippen molar-refractivity contribution in [2.75, 3.05) is 12.8 Å². The van der Waals surface area contributed by atoms with Crippen LogP contribution in [0.2, 0.25) is 0 Å². The Morgan fingerprint density at radius 3 is 2.58 bits per heavy atom. The lowest BCUT2D eigenvalue weighted by molar-refractivity contribution is -0.138. The highest BCUT2D eigenvalue weighted by atomic mass is 32.2. The Bertz CT molecular complexity index is 288. The van der Waals surface area contributed by atoms with E-state index in [-0.39, 0.29) is 17.6 Å². The molecule has 2 heterocycles. The molecular weight excluding hydrogens is 178 g/mol. The molecule has 0 spiro atoms. The fourth-order valence-corrected chi connectivity index (χ4v) is 2.80. The molecule has 0 N–H and O–H groups in total. The largest absolute Gasteiger partial charge is 0.298 e. The van der Waals surface area contributed by atoms with Gasteiger partial charge in [-0.05, 0) is 0 Å². The van der Waals surface area contributed by atoms with Crippen molar-refractivity contribution < 1.29 is 14.4 Å². The monoisotopic (exact) mass is 185 g/mol. The topological polar surface area (TPSA) is 54.5 Å². The average molecular weight is 185 g/mol. The van der Waals surface area contributed by atoms with E-state index < -0.39 is 11.2 Å². The number of likely N-dealkylation sites (tertiary alicyclic amines) is 1. The van der Waals surface area contributed by atoms with Crippen LogP contribution in [0.15, 0.2) is 0 Å². The number of carbonyl (C=O) groups excluding carboxylic acids is 3. The molecule has 0 saturated carbocycles. The van der Waals surface area contributed by atoms with E-state index in [0.717, 1.165) is 4.90 Å². The van der Waals surface area contributed by atoms with Gasteiger partial charge in [-0.1, -0.05) is 0 Å². The molecule has 4 nitrogen and oxygen atoms in total. The number of fused-ring (bicyclic) bond motifs is 1. The Morgan fingerprint density at radius 2 is 2.00 bits per heavy atom. The van der Waals surface area contributed by atoms with E-state index in [1.54, 1.807) is 0 Å². The lowest BCUT2D eigenvalue weighted by Gasteiger charge is -2.06. The third-order valence-corrected chi connectivity index (χ3v) is 3.51. The molecule has 2 aliphatic rings. The Labute approximate surface area is 73.3 Å². The molecular formula is C7H7NO3S. The molecule has 0 aromatic carbocycles. The highest BCUT2D eigenvalue weighted by molar-refractivity contribution is 8.01. The van der Waals surface area contributed by atoms with Crippen molar-refractivity contribution in [3.05, 3.63) is 0 Å². The Kier molecular flexibility index (Phi) is 1.51. The van der Waals surface area contributed by atoms with Crippen LogP contribution in [0.3, 0.4) is 0 Å². The molecule has 5 heteroatoms. The summed E-state index contributed by atoms with van der Waals surface area (Å²) in [5.74, 6) is -1.03. The van der Waals surface area contributed by atoms with Crippen molar-refractivity contribution in [3.63, 3.8) is 0 Å². The molecule has 2 unspecified atom stereocenters. The van der Waals surface area contributed by atoms with E-state index in [1.807, 2.05) is 0 Å². The first-order valence-electron chi connectivity index (χ1n) is 3.58. The van der Waals surface area contributed by atoms with E-state index in [2.05, 4.69) is 0 Å². The highest BCUT2D eigenvalue weighted by Gasteiger charge is 2.53. The summed E-state index contributed by atoms with van der Waals surface area (Å²) in [5.41, 5.74) is 0. The zero-order chi connectivity index (χ0) is 8.88. The smallest absolute Gasteiger partial charge is 0.243 e. The number of ketones is 1. The maximum atomic E-state index is 11.3. The molecule has 2 aliphatic heterocycles. The minimum absolute atomic E-state index is 0.104. The van der Waals surface area contributed by atoms with Crippen LogP contribution in [0.1, 0.15) is 0 Å². The number of hydrogen-bond donors (Lipinski definition) is 0. The molecule has 0 bridgehead atoms. The second-order valence-corrected chi connectivity index (χ2v) is 4.04. The van der Waals surface area contributed by atoms with E-state index in [0.29, 0.717) is 5.75 Å². The van der Waals surface area contributed by atoms with Crippen LogP contribution in [0.25, 0.3) is 0 Å². The summed E-state index contributed by atoms with van der Waals surface area (Å²) >= 11 is 1.28. The molecule has 12 heavy (non-hydrogen) atoms. The predicted octanol–water partition coefficient (Wildman–Crippen LogP) is -0.714. The molecule has 2 atom stereocenters. The standard InChI is InChI=1S/C7H7NO3S/c1-8-6(10)4-3(9)2-12-5(4)7(8)11/h4-5H,2H2,1H3. The zero-order valence-electron chi connectivity index (χ0n) is 6.44. The summed E-state index contributed by atoms with van der Waals surface area (Å²) in [7, 11) is 1.43. The summed E-state index contributed by atoms with van der Waals surface area (Å²) in [6, 6.07) is 0. The van der Waals surface area contributed by atoms with Crippen LogP contribution in [-0.2, 0) is 14.4 Å². The van der Waals surface area contributed by atoms with Gasteiger partial charge in [0.25, 0.3) is 0 Å². The van der Waals surface area contributed by atoms with Crippen LogP contribution in [0.5, 0.6) is 0 Å². The molecule has 2 fully saturated rings. The predicted molar refractivity (Wildman–Crippen MR) is 42.5 cm³/mol. The fraction of sp³-hybridized carbons (Fsp3) is 0.571. The molecule has 2 rings (SSSR count). The van der Waals surface area contributed by atoms with Crippen molar-refractivity contribution in [1.82, 2.24) is 4.90 Å². The number of nitrogens with zero attached hydrogens (tertiary/aromatic N) is 1. The molecule has 0 aromatic heterocycles. The first kappa shape index (κ1) is 7.79. The van der Waals surface area contributed by atoms with Crippen LogP contribution in [-0.4, -0.2) is 40.5 Å². The summed E-state index contributed by atoms with van der Waals surface area (Å²) < 4.78 is 0. The van der Waals surface area contributed by atoms with Gasteiger partial charge in [0.15, 0.2) is 5.78 Å². The van der Waals surface area contributed by atoms with Gasteiger partial charge in [0.05, 0.1) is 5.75 Å². The maximum Gasteiger partial charge on any atom is 0.243 e. The van der Waals surface area contributed by atoms with E-state index in [9.17, 15) is 14.4 Å². The lowest BCUT2D eigenvalue weighted by atomic mass is 10.0. The number of hydrogen-bond acceptors (Lipinski definition) is 4. The number of rotatable bonds is 0. The molecule has 2 amide bonds. The summed E-state index contributed by atoms with van der Waals surface area (Å²) in [6.45, 7) is 0. The number of thioether (sulfide) groups is 1. The van der Waals surface area contributed by atoms with Gasteiger partial charge in [0.1, 0.15) is 11.2 Å². The number of Topliss-reactive ketones (excluding diaryl/α,β-unsaturated/α-hetero) is 1. The average Bonchev–Trinajstić information content (AvgIpc) is 2.51.